The molecule has 8 heteroatoms. The van der Waals surface area contributed by atoms with E-state index >= 15 is 0 Å². The molecule has 0 aliphatic heterocycles. The topological polar surface area (TPSA) is 111 Å². The molecule has 18 heavy (non-hydrogen) atoms. The molecule has 0 saturated heterocycles. The van der Waals surface area contributed by atoms with E-state index in [1.165, 1.54) is 21.1 Å². The molecule has 0 aromatic carbocycles. The highest BCUT2D eigenvalue weighted by molar-refractivity contribution is 7.87. The standard InChI is InChI=1S/C8H17NO5S.C2H7N/c1-5-6-8(7(10)11,9(2,3)4)15(12,13)14;1-3-2/h5-6H2,1-4H3,(H-,10,11,12,13,14);3H,1-2H3/p+1. The molecule has 0 bridgehead atoms. The van der Waals surface area contributed by atoms with Crippen molar-refractivity contribution in [3.63, 3.8) is 0 Å². The summed E-state index contributed by atoms with van der Waals surface area (Å²) in [4.78, 5) is 8.74. The second-order valence-corrected chi connectivity index (χ2v) is 6.51. The number of nitrogens with zero attached hydrogens (tertiary/aromatic N) is 1. The van der Waals surface area contributed by atoms with E-state index in [1.54, 1.807) is 6.92 Å². The van der Waals surface area contributed by atoms with E-state index in [1.807, 2.05) is 19.4 Å². The van der Waals surface area contributed by atoms with Crippen LogP contribution in [0, 0.1) is 0 Å². The van der Waals surface area contributed by atoms with Gasteiger partial charge in [-0.2, -0.15) is 8.42 Å². The Morgan fingerprint density at radius 1 is 1.33 bits per heavy atom. The Morgan fingerprint density at radius 3 is 1.72 bits per heavy atom. The maximum atomic E-state index is 11.3. The van der Waals surface area contributed by atoms with E-state index in [4.69, 9.17) is 4.55 Å². The Labute approximate surface area is 109 Å². The van der Waals surface area contributed by atoms with Crippen LogP contribution in [0.15, 0.2) is 0 Å². The minimum atomic E-state index is -4.74. The number of likely N-dealkylation sites (N-methyl/N-ethyl adjacent to an activating group) is 1. The Kier molecular flexibility index (Phi) is 7.67. The molecular formula is C10H25N2O5S+. The van der Waals surface area contributed by atoms with E-state index in [0.29, 0.717) is 6.42 Å². The number of carboxylic acids is 1. The minimum Gasteiger partial charge on any atom is -0.543 e. The molecule has 0 fully saturated rings. The molecule has 0 aliphatic carbocycles. The first-order chi connectivity index (χ1) is 7.92. The van der Waals surface area contributed by atoms with Crippen LogP contribution in [0.5, 0.6) is 0 Å². The van der Waals surface area contributed by atoms with Crippen molar-refractivity contribution in [1.29, 1.82) is 0 Å². The summed E-state index contributed by atoms with van der Waals surface area (Å²) >= 11 is 0. The quantitative estimate of drug-likeness (QED) is 0.433. The number of aliphatic carboxylic acids is 1. The molecule has 3 N–H and O–H groups in total. The number of carbonyl (C=O) groups excluding carboxylic acids is 1. The first-order valence-electron chi connectivity index (χ1n) is 5.66. The van der Waals surface area contributed by atoms with Crippen molar-refractivity contribution in [3.8, 4) is 0 Å². The van der Waals surface area contributed by atoms with Crippen LogP contribution in [0.25, 0.3) is 0 Å². The Balaban J connectivity index is 0. The number of nitrogens with two attached hydrogens (primary N) is 1. The fourth-order valence-electron chi connectivity index (χ4n) is 1.63. The van der Waals surface area contributed by atoms with Gasteiger partial charge in [0.1, 0.15) is 5.97 Å². The first-order valence-corrected chi connectivity index (χ1v) is 7.10. The van der Waals surface area contributed by atoms with Crippen LogP contribution in [-0.4, -0.2) is 63.5 Å². The molecule has 7 nitrogen and oxygen atoms in total. The monoisotopic (exact) mass is 285 g/mol. The molecule has 0 radical (unpaired) electrons. The highest BCUT2D eigenvalue weighted by Crippen LogP contribution is 2.29. The van der Waals surface area contributed by atoms with Crippen molar-refractivity contribution in [3.05, 3.63) is 0 Å². The van der Waals surface area contributed by atoms with Crippen molar-refractivity contribution in [2.45, 2.75) is 24.6 Å². The van der Waals surface area contributed by atoms with E-state index in [-0.39, 0.29) is 6.42 Å². The number of carboxylic acid groups (broad SMARTS) is 1. The van der Waals surface area contributed by atoms with Gasteiger partial charge in [0.25, 0.3) is 4.87 Å². The van der Waals surface area contributed by atoms with Gasteiger partial charge in [-0.15, -0.1) is 0 Å². The molecule has 0 rings (SSSR count). The lowest BCUT2D eigenvalue weighted by molar-refractivity contribution is -0.901. The van der Waals surface area contributed by atoms with Gasteiger partial charge in [-0.25, -0.2) is 0 Å². The lowest BCUT2D eigenvalue weighted by Crippen LogP contribution is -2.74. The predicted molar refractivity (Wildman–Crippen MR) is 66.0 cm³/mol. The average molecular weight is 285 g/mol. The van der Waals surface area contributed by atoms with E-state index in [0.717, 1.165) is 0 Å². The summed E-state index contributed by atoms with van der Waals surface area (Å²) in [6, 6.07) is 0. The maximum absolute atomic E-state index is 11.3. The summed E-state index contributed by atoms with van der Waals surface area (Å²) in [6.45, 7) is 1.64. The molecule has 0 aromatic heterocycles. The molecular weight excluding hydrogens is 260 g/mol. The third-order valence-corrected chi connectivity index (χ3v) is 4.19. The Morgan fingerprint density at radius 2 is 1.67 bits per heavy atom. The van der Waals surface area contributed by atoms with Gasteiger partial charge in [0.05, 0.1) is 35.2 Å². The number of quaternary nitrogens is 2. The molecule has 110 valence electrons. The number of hydrogen-bond acceptors (Lipinski definition) is 4. The van der Waals surface area contributed by atoms with Gasteiger partial charge >= 0.3 is 10.1 Å². The predicted octanol–water partition coefficient (Wildman–Crippen LogP) is -2.36. The van der Waals surface area contributed by atoms with Crippen LogP contribution >= 0.6 is 0 Å². The molecule has 1 atom stereocenters. The first kappa shape index (κ1) is 19.6. The maximum Gasteiger partial charge on any atom is 0.328 e. The molecule has 0 spiro atoms. The van der Waals surface area contributed by atoms with Gasteiger partial charge < -0.3 is 19.7 Å². The number of hydrogen-bond donors (Lipinski definition) is 2. The van der Waals surface area contributed by atoms with Crippen molar-refractivity contribution >= 4 is 16.1 Å². The second kappa shape index (κ2) is 7.03. The van der Waals surface area contributed by atoms with Crippen LogP contribution in [0.3, 0.4) is 0 Å². The molecule has 1 unspecified atom stereocenters. The lowest BCUT2D eigenvalue weighted by Gasteiger charge is -2.43. The van der Waals surface area contributed by atoms with Crippen LogP contribution in [-0.2, 0) is 14.9 Å². The van der Waals surface area contributed by atoms with E-state index < -0.39 is 25.4 Å². The molecule has 0 saturated carbocycles. The van der Waals surface area contributed by atoms with Gasteiger partial charge in [-0.1, -0.05) is 6.92 Å². The van der Waals surface area contributed by atoms with Gasteiger partial charge in [0, 0.05) is 6.42 Å². The summed E-state index contributed by atoms with van der Waals surface area (Å²) in [5.74, 6) is -1.78. The normalized spacial score (nSPS) is 15.3. The smallest absolute Gasteiger partial charge is 0.328 e. The van der Waals surface area contributed by atoms with Crippen molar-refractivity contribution in [2.24, 2.45) is 0 Å². The van der Waals surface area contributed by atoms with Crippen LogP contribution in [0.4, 0.5) is 0 Å². The zero-order valence-corrected chi connectivity index (χ0v) is 12.7. The summed E-state index contributed by atoms with van der Waals surface area (Å²) in [5.41, 5.74) is 0. The highest BCUT2D eigenvalue weighted by Gasteiger charge is 2.55. The van der Waals surface area contributed by atoms with E-state index in [2.05, 4.69) is 0 Å². The van der Waals surface area contributed by atoms with Crippen molar-refractivity contribution < 1.29 is 32.7 Å². The molecule has 0 heterocycles. The summed E-state index contributed by atoms with van der Waals surface area (Å²) in [7, 11) is 3.43. The third-order valence-electron chi connectivity index (χ3n) is 2.42. The van der Waals surface area contributed by atoms with Crippen LogP contribution in [0.2, 0.25) is 0 Å². The van der Waals surface area contributed by atoms with Gasteiger partial charge in [-0.3, -0.25) is 4.55 Å². The zero-order chi connectivity index (χ0) is 15.2. The summed E-state index contributed by atoms with van der Waals surface area (Å²) < 4.78 is 31.2. The Hall–Kier alpha value is -0.700. The number of carbonyl (C=O) groups is 1. The zero-order valence-electron chi connectivity index (χ0n) is 11.9. The third kappa shape index (κ3) is 4.20. The van der Waals surface area contributed by atoms with Crippen molar-refractivity contribution in [2.75, 3.05) is 35.2 Å². The lowest BCUT2D eigenvalue weighted by atomic mass is 10.1. The van der Waals surface area contributed by atoms with Crippen LogP contribution in [0.1, 0.15) is 19.8 Å². The molecule has 0 aliphatic rings. The highest BCUT2D eigenvalue weighted by atomic mass is 32.2. The SMILES string of the molecule is CCCC(C(=O)[O-])([N+](C)(C)C)S(=O)(=O)O.C[NH2+]C. The fourth-order valence-corrected chi connectivity index (χ4v) is 3.00. The van der Waals surface area contributed by atoms with Gasteiger partial charge in [0.2, 0.25) is 0 Å². The van der Waals surface area contributed by atoms with Gasteiger partial charge in [-0.05, 0) is 6.42 Å². The molecule has 0 aromatic rings. The second-order valence-electron chi connectivity index (χ2n) is 4.89. The van der Waals surface area contributed by atoms with E-state index in [9.17, 15) is 18.3 Å². The molecule has 0 amide bonds. The van der Waals surface area contributed by atoms with Gasteiger partial charge in [0.15, 0.2) is 0 Å². The summed E-state index contributed by atoms with van der Waals surface area (Å²) in [5, 5.41) is 13.0. The number of rotatable bonds is 5. The summed E-state index contributed by atoms with van der Waals surface area (Å²) in [6.07, 6.45) is 0.112. The largest absolute Gasteiger partial charge is 0.543 e. The Bertz CT molecular complexity index is 361. The average Bonchev–Trinajstić information content (AvgIpc) is 2.10. The fraction of sp³-hybridized carbons (Fsp3) is 0.900. The van der Waals surface area contributed by atoms with Crippen LogP contribution < -0.4 is 10.4 Å². The minimum absolute atomic E-state index is 0.197. The van der Waals surface area contributed by atoms with Crippen molar-refractivity contribution in [1.82, 2.24) is 0 Å².